The second-order valence-electron chi connectivity index (χ2n) is 9.92. The van der Waals surface area contributed by atoms with Gasteiger partial charge in [0.1, 0.15) is 17.0 Å². The van der Waals surface area contributed by atoms with Gasteiger partial charge in [-0.05, 0) is 32.0 Å². The van der Waals surface area contributed by atoms with Gasteiger partial charge in [-0.15, -0.1) is 0 Å². The zero-order valence-corrected chi connectivity index (χ0v) is 21.8. The zero-order valence-electron chi connectivity index (χ0n) is 21.8. The first-order chi connectivity index (χ1) is 17.6. The number of carbonyl (C=O) groups excluding carboxylic acids is 1. The predicted octanol–water partition coefficient (Wildman–Crippen LogP) is 1.96. The van der Waals surface area contributed by atoms with Crippen LogP contribution in [0.4, 0.5) is 0 Å². The maximum Gasteiger partial charge on any atom is 0.257 e. The van der Waals surface area contributed by atoms with E-state index in [0.29, 0.717) is 41.6 Å². The van der Waals surface area contributed by atoms with Gasteiger partial charge in [0, 0.05) is 70.7 Å². The lowest BCUT2D eigenvalue weighted by molar-refractivity contribution is 0.0623. The van der Waals surface area contributed by atoms with E-state index < -0.39 is 5.60 Å². The highest BCUT2D eigenvalue weighted by atomic mass is 16.5. The summed E-state index contributed by atoms with van der Waals surface area (Å²) >= 11 is 0. The molecule has 5 rings (SSSR count). The number of rotatable bonds is 6. The van der Waals surface area contributed by atoms with E-state index in [1.54, 1.807) is 42.6 Å². The molecule has 11 nitrogen and oxygen atoms in total. The minimum Gasteiger partial charge on any atom is -0.496 e. The van der Waals surface area contributed by atoms with E-state index in [9.17, 15) is 9.90 Å². The molecule has 1 saturated heterocycles. The van der Waals surface area contributed by atoms with Crippen molar-refractivity contribution in [3.05, 3.63) is 53.7 Å². The monoisotopic (exact) mass is 504 g/mol. The molecule has 0 aliphatic carbocycles. The summed E-state index contributed by atoms with van der Waals surface area (Å²) in [6, 6.07) is 7.45. The third kappa shape index (κ3) is 4.92. The Morgan fingerprint density at radius 2 is 1.86 bits per heavy atom. The van der Waals surface area contributed by atoms with E-state index in [1.165, 1.54) is 0 Å². The maximum absolute atomic E-state index is 13.7. The third-order valence-corrected chi connectivity index (χ3v) is 6.66. The van der Waals surface area contributed by atoms with Crippen LogP contribution in [0.2, 0.25) is 0 Å². The highest BCUT2D eigenvalue weighted by molar-refractivity contribution is 6.04. The van der Waals surface area contributed by atoms with E-state index in [0.717, 1.165) is 36.2 Å². The first-order valence-corrected chi connectivity index (χ1v) is 12.2. The standard InChI is InChI=1S/C26H32N8O3/c1-26(2,36)25-27-8-6-20(28-25)23-18-14-19(22(37-5)15-21(18)32(4)30-23)24(35)34-12-10-33(11-13-34)16-17-7-9-31(3)29-17/h6-9,14-15,36H,10-13,16H2,1-5H3. The molecule has 0 spiro atoms. The number of ether oxygens (including phenoxy) is 1. The number of carbonyl (C=O) groups is 1. The molecule has 3 aromatic heterocycles. The zero-order chi connectivity index (χ0) is 26.3. The number of fused-ring (bicyclic) bond motifs is 1. The quantitative estimate of drug-likeness (QED) is 0.424. The van der Waals surface area contributed by atoms with Crippen molar-refractivity contribution in [2.24, 2.45) is 14.1 Å². The van der Waals surface area contributed by atoms with Crippen LogP contribution in [0, 0.1) is 0 Å². The Labute approximate surface area is 215 Å². The van der Waals surface area contributed by atoms with Crippen molar-refractivity contribution in [1.29, 1.82) is 0 Å². The van der Waals surface area contributed by atoms with Crippen LogP contribution in [0.5, 0.6) is 5.75 Å². The van der Waals surface area contributed by atoms with Crippen LogP contribution >= 0.6 is 0 Å². The van der Waals surface area contributed by atoms with Crippen LogP contribution in [0.1, 0.15) is 35.7 Å². The lowest BCUT2D eigenvalue weighted by atomic mass is 10.1. The van der Waals surface area contributed by atoms with Crippen molar-refractivity contribution in [3.8, 4) is 17.1 Å². The SMILES string of the molecule is COc1cc2c(cc1C(=O)N1CCN(Cc3ccn(C)n3)CC1)c(-c1ccnc(C(C)(C)O)n1)nn2C. The van der Waals surface area contributed by atoms with E-state index >= 15 is 0 Å². The number of hydrogen-bond acceptors (Lipinski definition) is 8. The van der Waals surface area contributed by atoms with Gasteiger partial charge in [0.05, 0.1) is 29.6 Å². The van der Waals surface area contributed by atoms with Gasteiger partial charge in [0.2, 0.25) is 0 Å². The molecule has 0 bridgehead atoms. The summed E-state index contributed by atoms with van der Waals surface area (Å²) in [4.78, 5) is 26.6. The number of methoxy groups -OCH3 is 1. The topological polar surface area (TPSA) is 114 Å². The molecule has 1 N–H and O–H groups in total. The summed E-state index contributed by atoms with van der Waals surface area (Å²) in [5.74, 6) is 0.728. The highest BCUT2D eigenvalue weighted by Gasteiger charge is 2.27. The second-order valence-corrected chi connectivity index (χ2v) is 9.92. The van der Waals surface area contributed by atoms with Crippen LogP contribution in [0.25, 0.3) is 22.3 Å². The largest absolute Gasteiger partial charge is 0.496 e. The third-order valence-electron chi connectivity index (χ3n) is 6.66. The number of benzene rings is 1. The number of aromatic nitrogens is 6. The number of aliphatic hydroxyl groups is 1. The summed E-state index contributed by atoms with van der Waals surface area (Å²) < 4.78 is 9.18. The second kappa shape index (κ2) is 9.56. The van der Waals surface area contributed by atoms with Gasteiger partial charge in [-0.3, -0.25) is 19.1 Å². The number of amides is 1. The van der Waals surface area contributed by atoms with Crippen molar-refractivity contribution >= 4 is 16.8 Å². The van der Waals surface area contributed by atoms with E-state index in [-0.39, 0.29) is 5.91 Å². The first-order valence-electron chi connectivity index (χ1n) is 12.2. The molecule has 4 aromatic rings. The fourth-order valence-corrected chi connectivity index (χ4v) is 4.65. The van der Waals surface area contributed by atoms with Crippen molar-refractivity contribution in [2.45, 2.75) is 26.0 Å². The Morgan fingerprint density at radius 3 is 2.51 bits per heavy atom. The van der Waals surface area contributed by atoms with Gasteiger partial charge in [-0.1, -0.05) is 0 Å². The molecule has 11 heteroatoms. The summed E-state index contributed by atoms with van der Waals surface area (Å²) in [5, 5.41) is 20.3. The van der Waals surface area contributed by atoms with Gasteiger partial charge in [0.15, 0.2) is 5.82 Å². The molecule has 37 heavy (non-hydrogen) atoms. The number of aryl methyl sites for hydroxylation is 2. The van der Waals surface area contributed by atoms with Gasteiger partial charge in [0.25, 0.3) is 5.91 Å². The number of piperazine rings is 1. The Bertz CT molecular complexity index is 1440. The summed E-state index contributed by atoms with van der Waals surface area (Å²) in [6.45, 7) is 6.82. The molecule has 1 aromatic carbocycles. The van der Waals surface area contributed by atoms with E-state index in [4.69, 9.17) is 4.74 Å². The molecule has 0 atom stereocenters. The predicted molar refractivity (Wildman–Crippen MR) is 138 cm³/mol. The molecule has 0 saturated carbocycles. The smallest absolute Gasteiger partial charge is 0.257 e. The molecular weight excluding hydrogens is 472 g/mol. The van der Waals surface area contributed by atoms with Crippen molar-refractivity contribution in [1.82, 2.24) is 39.3 Å². The molecule has 1 aliphatic heterocycles. The normalized spacial score (nSPS) is 14.9. The number of hydrogen-bond donors (Lipinski definition) is 1. The van der Waals surface area contributed by atoms with Crippen LogP contribution in [0.15, 0.2) is 36.7 Å². The molecule has 1 amide bonds. The molecule has 194 valence electrons. The van der Waals surface area contributed by atoms with Gasteiger partial charge in [-0.2, -0.15) is 10.2 Å². The maximum atomic E-state index is 13.7. The minimum atomic E-state index is -1.19. The average Bonchev–Trinajstić information content (AvgIpc) is 3.44. The van der Waals surface area contributed by atoms with Crippen LogP contribution in [-0.2, 0) is 26.2 Å². The molecule has 1 aliphatic rings. The molecule has 0 unspecified atom stereocenters. The molecule has 1 fully saturated rings. The molecular formula is C26H32N8O3. The molecule has 4 heterocycles. The minimum absolute atomic E-state index is 0.0779. The highest BCUT2D eigenvalue weighted by Crippen LogP contribution is 2.33. The summed E-state index contributed by atoms with van der Waals surface area (Å²) in [6.07, 6.45) is 3.55. The molecule has 0 radical (unpaired) electrons. The fourth-order valence-electron chi connectivity index (χ4n) is 4.65. The fraction of sp³-hybridized carbons (Fsp3) is 0.423. The van der Waals surface area contributed by atoms with Gasteiger partial charge in [-0.25, -0.2) is 9.97 Å². The van der Waals surface area contributed by atoms with E-state index in [1.807, 2.05) is 43.4 Å². The van der Waals surface area contributed by atoms with Crippen molar-refractivity contribution in [3.63, 3.8) is 0 Å². The summed E-state index contributed by atoms with van der Waals surface area (Å²) in [5.41, 5.74) is 2.32. The van der Waals surface area contributed by atoms with Crippen LogP contribution < -0.4 is 4.74 Å². The lowest BCUT2D eigenvalue weighted by Gasteiger charge is -2.34. The van der Waals surface area contributed by atoms with Crippen LogP contribution in [-0.4, -0.2) is 83.6 Å². The average molecular weight is 505 g/mol. The van der Waals surface area contributed by atoms with Crippen molar-refractivity contribution < 1.29 is 14.6 Å². The Hall–Kier alpha value is -3.83. The Kier molecular flexibility index (Phi) is 6.42. The number of nitrogens with zero attached hydrogens (tertiary/aromatic N) is 8. The van der Waals surface area contributed by atoms with Gasteiger partial charge >= 0.3 is 0 Å². The lowest BCUT2D eigenvalue weighted by Crippen LogP contribution is -2.48. The first kappa shape index (κ1) is 24.8. The van der Waals surface area contributed by atoms with Gasteiger partial charge < -0.3 is 14.7 Å². The van der Waals surface area contributed by atoms with Crippen LogP contribution in [0.3, 0.4) is 0 Å². The van der Waals surface area contributed by atoms with E-state index in [2.05, 4.69) is 25.1 Å². The Balaban J connectivity index is 1.43. The van der Waals surface area contributed by atoms with Crippen molar-refractivity contribution in [2.75, 3.05) is 33.3 Å². The Morgan fingerprint density at radius 1 is 1.11 bits per heavy atom. The summed E-state index contributed by atoms with van der Waals surface area (Å²) in [7, 11) is 5.32.